The maximum atomic E-state index is 11.5. The Bertz CT molecular complexity index is 281. The minimum Gasteiger partial charge on any atom is -0.465 e. The van der Waals surface area contributed by atoms with Gasteiger partial charge in [-0.1, -0.05) is 39.5 Å². The van der Waals surface area contributed by atoms with Crippen LogP contribution in [0.2, 0.25) is 0 Å². The van der Waals surface area contributed by atoms with E-state index in [9.17, 15) is 9.59 Å². The van der Waals surface area contributed by atoms with E-state index >= 15 is 0 Å². The van der Waals surface area contributed by atoms with Crippen LogP contribution in [-0.4, -0.2) is 37.2 Å². The van der Waals surface area contributed by atoms with Gasteiger partial charge < -0.3 is 20.9 Å². The molecule has 22 heavy (non-hydrogen) atoms. The SMILES string of the molecule is CCCC[C@H](N)C(=O)OCCCCOC(=O)[C@@H](N)CCCC. The molecule has 0 aliphatic carbocycles. The predicted octanol–water partition coefficient (Wildman–Crippen LogP) is 1.89. The summed E-state index contributed by atoms with van der Waals surface area (Å²) in [5, 5.41) is 0. The fourth-order valence-electron chi connectivity index (χ4n) is 1.85. The molecule has 0 heterocycles. The van der Waals surface area contributed by atoms with Gasteiger partial charge in [-0.2, -0.15) is 0 Å². The van der Waals surface area contributed by atoms with Crippen LogP contribution in [0.1, 0.15) is 65.2 Å². The Balaban J connectivity index is 3.57. The van der Waals surface area contributed by atoms with Crippen molar-refractivity contribution in [3.8, 4) is 0 Å². The lowest BCUT2D eigenvalue weighted by atomic mass is 10.1. The molecule has 0 rings (SSSR count). The summed E-state index contributed by atoms with van der Waals surface area (Å²) in [5.74, 6) is -0.709. The third-order valence-corrected chi connectivity index (χ3v) is 3.37. The molecule has 0 radical (unpaired) electrons. The molecule has 0 amide bonds. The number of esters is 2. The van der Waals surface area contributed by atoms with Crippen LogP contribution in [0.15, 0.2) is 0 Å². The lowest BCUT2D eigenvalue weighted by Crippen LogP contribution is -2.33. The van der Waals surface area contributed by atoms with Crippen molar-refractivity contribution in [2.75, 3.05) is 13.2 Å². The Kier molecular flexibility index (Phi) is 12.8. The molecular weight excluding hydrogens is 284 g/mol. The van der Waals surface area contributed by atoms with Gasteiger partial charge in [0.1, 0.15) is 12.1 Å². The van der Waals surface area contributed by atoms with Crippen LogP contribution in [0.4, 0.5) is 0 Å². The van der Waals surface area contributed by atoms with E-state index in [1.165, 1.54) is 0 Å². The molecule has 6 nitrogen and oxygen atoms in total. The van der Waals surface area contributed by atoms with E-state index < -0.39 is 12.1 Å². The average molecular weight is 316 g/mol. The number of hydrogen-bond donors (Lipinski definition) is 2. The second-order valence-electron chi connectivity index (χ2n) is 5.54. The average Bonchev–Trinajstić information content (AvgIpc) is 2.52. The van der Waals surface area contributed by atoms with Crippen LogP contribution < -0.4 is 11.5 Å². The Hall–Kier alpha value is -1.14. The first-order chi connectivity index (χ1) is 10.5. The highest BCUT2D eigenvalue weighted by atomic mass is 16.5. The van der Waals surface area contributed by atoms with Crippen molar-refractivity contribution in [3.05, 3.63) is 0 Å². The van der Waals surface area contributed by atoms with Gasteiger partial charge in [0.15, 0.2) is 0 Å². The van der Waals surface area contributed by atoms with E-state index in [4.69, 9.17) is 20.9 Å². The molecule has 0 aromatic carbocycles. The van der Waals surface area contributed by atoms with Crippen LogP contribution in [0.5, 0.6) is 0 Å². The highest BCUT2D eigenvalue weighted by molar-refractivity contribution is 5.75. The van der Waals surface area contributed by atoms with Gasteiger partial charge in [0.25, 0.3) is 0 Å². The third kappa shape index (κ3) is 10.6. The van der Waals surface area contributed by atoms with Gasteiger partial charge in [-0.15, -0.1) is 0 Å². The molecule has 0 saturated heterocycles. The molecule has 0 spiro atoms. The Morgan fingerprint density at radius 1 is 0.773 bits per heavy atom. The van der Waals surface area contributed by atoms with Gasteiger partial charge in [0.05, 0.1) is 13.2 Å². The van der Waals surface area contributed by atoms with Crippen LogP contribution in [0.25, 0.3) is 0 Å². The molecule has 0 aliphatic rings. The molecule has 0 bridgehead atoms. The van der Waals surface area contributed by atoms with E-state index in [2.05, 4.69) is 0 Å². The van der Waals surface area contributed by atoms with Crippen molar-refractivity contribution in [3.63, 3.8) is 0 Å². The van der Waals surface area contributed by atoms with Gasteiger partial charge >= 0.3 is 11.9 Å². The fourth-order valence-corrected chi connectivity index (χ4v) is 1.85. The van der Waals surface area contributed by atoms with Crippen molar-refractivity contribution in [1.82, 2.24) is 0 Å². The third-order valence-electron chi connectivity index (χ3n) is 3.37. The zero-order valence-electron chi connectivity index (χ0n) is 14.0. The maximum absolute atomic E-state index is 11.5. The topological polar surface area (TPSA) is 105 Å². The number of nitrogens with two attached hydrogens (primary N) is 2. The van der Waals surface area contributed by atoms with Gasteiger partial charge in [-0.25, -0.2) is 0 Å². The molecule has 4 N–H and O–H groups in total. The highest BCUT2D eigenvalue weighted by Crippen LogP contribution is 2.03. The van der Waals surface area contributed by atoms with Crippen molar-refractivity contribution in [2.45, 2.75) is 77.3 Å². The molecule has 0 unspecified atom stereocenters. The van der Waals surface area contributed by atoms with Crippen molar-refractivity contribution < 1.29 is 19.1 Å². The van der Waals surface area contributed by atoms with Crippen LogP contribution >= 0.6 is 0 Å². The standard InChI is InChI=1S/C16H32N2O4/c1-3-5-9-13(17)15(19)21-11-7-8-12-22-16(20)14(18)10-6-4-2/h13-14H,3-12,17-18H2,1-2H3/t13-,14-/m0/s1. The number of carbonyl (C=O) groups is 2. The molecule has 0 aromatic rings. The largest absolute Gasteiger partial charge is 0.465 e. The summed E-state index contributed by atoms with van der Waals surface area (Å²) in [6.07, 6.45) is 6.45. The molecule has 0 aliphatic heterocycles. The zero-order chi connectivity index (χ0) is 16.8. The van der Waals surface area contributed by atoms with Crippen molar-refractivity contribution in [1.29, 1.82) is 0 Å². The van der Waals surface area contributed by atoms with Crippen LogP contribution in [0, 0.1) is 0 Å². The Labute approximate surface area is 133 Å². The van der Waals surface area contributed by atoms with Crippen molar-refractivity contribution in [2.24, 2.45) is 11.5 Å². The van der Waals surface area contributed by atoms with E-state index in [1.54, 1.807) is 0 Å². The number of ether oxygens (including phenoxy) is 2. The molecule has 2 atom stereocenters. The maximum Gasteiger partial charge on any atom is 0.322 e. The number of rotatable bonds is 13. The van der Waals surface area contributed by atoms with E-state index in [-0.39, 0.29) is 11.9 Å². The molecule has 0 fully saturated rings. The first-order valence-electron chi connectivity index (χ1n) is 8.37. The lowest BCUT2D eigenvalue weighted by molar-refractivity contribution is -0.147. The predicted molar refractivity (Wildman–Crippen MR) is 86.2 cm³/mol. The monoisotopic (exact) mass is 316 g/mol. The minimum absolute atomic E-state index is 0.304. The van der Waals surface area contributed by atoms with Crippen LogP contribution in [0.3, 0.4) is 0 Å². The fraction of sp³-hybridized carbons (Fsp3) is 0.875. The van der Waals surface area contributed by atoms with Gasteiger partial charge in [-0.05, 0) is 25.7 Å². The Morgan fingerprint density at radius 3 is 1.45 bits per heavy atom. The summed E-state index contributed by atoms with van der Waals surface area (Å²) in [5.41, 5.74) is 11.4. The smallest absolute Gasteiger partial charge is 0.322 e. The first-order valence-corrected chi connectivity index (χ1v) is 8.37. The normalized spacial score (nSPS) is 13.5. The van der Waals surface area contributed by atoms with E-state index in [0.717, 1.165) is 25.7 Å². The molecule has 130 valence electrons. The van der Waals surface area contributed by atoms with E-state index in [0.29, 0.717) is 38.9 Å². The second-order valence-corrected chi connectivity index (χ2v) is 5.54. The minimum atomic E-state index is -0.533. The molecule has 0 aromatic heterocycles. The highest BCUT2D eigenvalue weighted by Gasteiger charge is 2.15. The lowest BCUT2D eigenvalue weighted by Gasteiger charge is -2.12. The zero-order valence-corrected chi connectivity index (χ0v) is 14.0. The molecular formula is C16H32N2O4. The van der Waals surface area contributed by atoms with Gasteiger partial charge in [0.2, 0.25) is 0 Å². The summed E-state index contributed by atoms with van der Waals surface area (Å²) in [6.45, 7) is 4.71. The number of unbranched alkanes of at least 4 members (excludes halogenated alkanes) is 3. The van der Waals surface area contributed by atoms with Crippen molar-refractivity contribution >= 4 is 11.9 Å². The summed E-state index contributed by atoms with van der Waals surface area (Å²) in [4.78, 5) is 23.1. The Morgan fingerprint density at radius 2 is 1.14 bits per heavy atom. The summed E-state index contributed by atoms with van der Waals surface area (Å²) in [7, 11) is 0. The summed E-state index contributed by atoms with van der Waals surface area (Å²) < 4.78 is 10.2. The number of carbonyl (C=O) groups excluding carboxylic acids is 2. The van der Waals surface area contributed by atoms with Gasteiger partial charge in [-0.3, -0.25) is 9.59 Å². The first kappa shape index (κ1) is 20.9. The van der Waals surface area contributed by atoms with Gasteiger partial charge in [0, 0.05) is 0 Å². The summed E-state index contributed by atoms with van der Waals surface area (Å²) in [6, 6.07) is -1.07. The quantitative estimate of drug-likeness (QED) is 0.397. The van der Waals surface area contributed by atoms with Crippen LogP contribution in [-0.2, 0) is 19.1 Å². The molecule has 6 heteroatoms. The molecule has 0 saturated carbocycles. The van der Waals surface area contributed by atoms with E-state index in [1.807, 2.05) is 13.8 Å². The summed E-state index contributed by atoms with van der Waals surface area (Å²) >= 11 is 0. The number of hydrogen-bond acceptors (Lipinski definition) is 6. The second kappa shape index (κ2) is 13.5.